The Labute approximate surface area is 106 Å². The van der Waals surface area contributed by atoms with Crippen LogP contribution in [0.15, 0.2) is 0 Å². The van der Waals surface area contributed by atoms with Crippen LogP contribution in [0.25, 0.3) is 0 Å². The third kappa shape index (κ3) is 7.46. The van der Waals surface area contributed by atoms with Crippen molar-refractivity contribution in [2.24, 2.45) is 0 Å². The molecule has 1 unspecified atom stereocenters. The maximum absolute atomic E-state index is 5.43. The van der Waals surface area contributed by atoms with E-state index in [9.17, 15) is 0 Å². The van der Waals surface area contributed by atoms with E-state index in [0.29, 0.717) is 4.11 Å². The summed E-state index contributed by atoms with van der Waals surface area (Å²) in [6.45, 7) is 10.7. The lowest BCUT2D eigenvalue weighted by atomic mass is 10.3. The van der Waals surface area contributed by atoms with E-state index in [-0.39, 0.29) is 0 Å². The van der Waals surface area contributed by atoms with Crippen molar-refractivity contribution in [3.8, 4) is 0 Å². The summed E-state index contributed by atoms with van der Waals surface area (Å²) in [4.78, 5) is 2.49. The minimum absolute atomic E-state index is 0.317. The first-order chi connectivity index (χ1) is 7.29. The Balaban J connectivity index is 1.83. The van der Waals surface area contributed by atoms with E-state index >= 15 is 0 Å². The molecule has 0 radical (unpaired) electrons. The van der Waals surface area contributed by atoms with Crippen LogP contribution in [-0.4, -0.2) is 61.4 Å². The first kappa shape index (κ1) is 13.6. The molecule has 0 bridgehead atoms. The smallest absolute Gasteiger partial charge is 0.106 e. The van der Waals surface area contributed by atoms with Crippen molar-refractivity contribution in [2.75, 3.05) is 52.4 Å². The van der Waals surface area contributed by atoms with Crippen molar-refractivity contribution in [1.29, 1.82) is 0 Å². The third-order valence-electron chi connectivity index (χ3n) is 2.44. The van der Waals surface area contributed by atoms with Crippen molar-refractivity contribution in [3.63, 3.8) is 0 Å². The molecule has 5 heteroatoms. The minimum Gasteiger partial charge on any atom is -0.367 e. The normalized spacial score (nSPS) is 20.4. The zero-order valence-corrected chi connectivity index (χ0v) is 11.6. The highest BCUT2D eigenvalue weighted by atomic mass is 127. The topological polar surface area (TPSA) is 36.5 Å². The van der Waals surface area contributed by atoms with E-state index in [0.717, 1.165) is 39.3 Å². The quantitative estimate of drug-likeness (QED) is 0.400. The second kappa shape index (κ2) is 8.69. The van der Waals surface area contributed by atoms with Gasteiger partial charge in [-0.25, -0.2) is 0 Å². The lowest BCUT2D eigenvalue weighted by Crippen LogP contribution is -2.45. The standard InChI is InChI=1S/C10H22IN3O/c1-10(11)15-9-5-13-4-8-14-6-2-12-3-7-14/h10,12-13H,2-9H2,1H3. The van der Waals surface area contributed by atoms with Crippen molar-refractivity contribution in [2.45, 2.75) is 11.0 Å². The van der Waals surface area contributed by atoms with Gasteiger partial charge in [0.1, 0.15) is 4.11 Å². The molecule has 1 atom stereocenters. The maximum Gasteiger partial charge on any atom is 0.106 e. The van der Waals surface area contributed by atoms with Crippen LogP contribution in [0.3, 0.4) is 0 Å². The number of rotatable bonds is 7. The van der Waals surface area contributed by atoms with E-state index in [1.807, 2.05) is 0 Å². The summed E-state index contributed by atoms with van der Waals surface area (Å²) >= 11 is 2.27. The summed E-state index contributed by atoms with van der Waals surface area (Å²) in [5, 5.41) is 6.75. The molecule has 2 N–H and O–H groups in total. The number of ether oxygens (including phenoxy) is 1. The number of halogens is 1. The van der Waals surface area contributed by atoms with Gasteiger partial charge < -0.3 is 15.4 Å². The molecule has 0 aromatic carbocycles. The van der Waals surface area contributed by atoms with Crippen LogP contribution >= 0.6 is 22.6 Å². The average Bonchev–Trinajstić information content (AvgIpc) is 2.24. The van der Waals surface area contributed by atoms with Gasteiger partial charge in [-0.2, -0.15) is 0 Å². The van der Waals surface area contributed by atoms with Gasteiger partial charge in [-0.05, 0) is 6.92 Å². The van der Waals surface area contributed by atoms with Crippen molar-refractivity contribution in [1.82, 2.24) is 15.5 Å². The van der Waals surface area contributed by atoms with Crippen LogP contribution in [0.1, 0.15) is 6.92 Å². The summed E-state index contributed by atoms with van der Waals surface area (Å²) in [6.07, 6.45) is 0. The van der Waals surface area contributed by atoms with Gasteiger partial charge in [0, 0.05) is 45.8 Å². The van der Waals surface area contributed by atoms with Crippen LogP contribution in [0.4, 0.5) is 0 Å². The molecule has 0 spiro atoms. The predicted octanol–water partition coefficient (Wildman–Crippen LogP) is 0.279. The van der Waals surface area contributed by atoms with E-state index in [4.69, 9.17) is 4.74 Å². The first-order valence-electron chi connectivity index (χ1n) is 5.68. The van der Waals surface area contributed by atoms with Gasteiger partial charge in [-0.3, -0.25) is 4.90 Å². The molecule has 1 heterocycles. The Bertz CT molecular complexity index is 152. The Morgan fingerprint density at radius 3 is 2.80 bits per heavy atom. The van der Waals surface area contributed by atoms with Gasteiger partial charge in [0.05, 0.1) is 6.61 Å². The second-order valence-corrected chi connectivity index (χ2v) is 5.51. The summed E-state index contributed by atoms with van der Waals surface area (Å²) < 4.78 is 5.75. The van der Waals surface area contributed by atoms with E-state index in [1.165, 1.54) is 13.1 Å². The Morgan fingerprint density at radius 1 is 1.40 bits per heavy atom. The number of nitrogens with zero attached hydrogens (tertiary/aromatic N) is 1. The SMILES string of the molecule is CC(I)OCCNCCN1CCNCC1. The van der Waals surface area contributed by atoms with Gasteiger partial charge in [-0.1, -0.05) is 22.6 Å². The van der Waals surface area contributed by atoms with E-state index < -0.39 is 0 Å². The second-order valence-electron chi connectivity index (χ2n) is 3.76. The van der Waals surface area contributed by atoms with E-state index in [1.54, 1.807) is 0 Å². The van der Waals surface area contributed by atoms with Crippen molar-refractivity contribution >= 4 is 22.6 Å². The molecule has 1 fully saturated rings. The summed E-state index contributed by atoms with van der Waals surface area (Å²) in [7, 11) is 0. The molecule has 1 aliphatic heterocycles. The zero-order valence-electron chi connectivity index (χ0n) is 9.47. The fourth-order valence-corrected chi connectivity index (χ4v) is 1.84. The lowest BCUT2D eigenvalue weighted by Gasteiger charge is -2.27. The maximum atomic E-state index is 5.43. The lowest BCUT2D eigenvalue weighted by molar-refractivity contribution is 0.135. The average molecular weight is 327 g/mol. The van der Waals surface area contributed by atoms with Crippen molar-refractivity contribution < 1.29 is 4.74 Å². The fourth-order valence-electron chi connectivity index (χ4n) is 1.59. The van der Waals surface area contributed by atoms with Crippen LogP contribution in [0, 0.1) is 0 Å². The predicted molar refractivity (Wildman–Crippen MR) is 71.6 cm³/mol. The summed E-state index contributed by atoms with van der Waals surface area (Å²) in [5.41, 5.74) is 0. The summed E-state index contributed by atoms with van der Waals surface area (Å²) in [6, 6.07) is 0. The first-order valence-corrected chi connectivity index (χ1v) is 6.93. The van der Waals surface area contributed by atoms with Gasteiger partial charge in [0.25, 0.3) is 0 Å². The van der Waals surface area contributed by atoms with Gasteiger partial charge >= 0.3 is 0 Å². The highest BCUT2D eigenvalue weighted by Crippen LogP contribution is 1.98. The number of alkyl halides is 1. The highest BCUT2D eigenvalue weighted by molar-refractivity contribution is 14.1. The van der Waals surface area contributed by atoms with Crippen LogP contribution in [0.2, 0.25) is 0 Å². The van der Waals surface area contributed by atoms with Crippen LogP contribution in [0.5, 0.6) is 0 Å². The number of nitrogens with one attached hydrogen (secondary N) is 2. The van der Waals surface area contributed by atoms with Crippen molar-refractivity contribution in [3.05, 3.63) is 0 Å². The largest absolute Gasteiger partial charge is 0.367 e. The molecule has 15 heavy (non-hydrogen) atoms. The number of hydrogen-bond donors (Lipinski definition) is 2. The minimum atomic E-state index is 0.317. The fraction of sp³-hybridized carbons (Fsp3) is 1.00. The number of hydrogen-bond acceptors (Lipinski definition) is 4. The molecule has 1 saturated heterocycles. The molecule has 1 rings (SSSR count). The molecule has 4 nitrogen and oxygen atoms in total. The van der Waals surface area contributed by atoms with Gasteiger partial charge in [0.15, 0.2) is 0 Å². The summed E-state index contributed by atoms with van der Waals surface area (Å²) in [5.74, 6) is 0. The molecule has 0 saturated carbocycles. The molecule has 0 aromatic heterocycles. The van der Waals surface area contributed by atoms with Gasteiger partial charge in [0.2, 0.25) is 0 Å². The van der Waals surface area contributed by atoms with Gasteiger partial charge in [-0.15, -0.1) is 0 Å². The zero-order chi connectivity index (χ0) is 10.9. The monoisotopic (exact) mass is 327 g/mol. The molecule has 0 amide bonds. The highest BCUT2D eigenvalue weighted by Gasteiger charge is 2.07. The molecule has 0 aromatic rings. The number of piperazine rings is 1. The Kier molecular flexibility index (Phi) is 7.90. The van der Waals surface area contributed by atoms with E-state index in [2.05, 4.69) is 45.0 Å². The Morgan fingerprint density at radius 2 is 2.13 bits per heavy atom. The van der Waals surface area contributed by atoms with Crippen LogP contribution < -0.4 is 10.6 Å². The molecular formula is C10H22IN3O. The molecule has 90 valence electrons. The third-order valence-corrected chi connectivity index (χ3v) is 2.80. The molecular weight excluding hydrogens is 305 g/mol. The Hall–Kier alpha value is 0.570. The molecule has 1 aliphatic rings. The van der Waals surface area contributed by atoms with Crippen LogP contribution in [-0.2, 0) is 4.74 Å². The molecule has 0 aliphatic carbocycles.